The van der Waals surface area contributed by atoms with Gasteiger partial charge in [0.25, 0.3) is 0 Å². The van der Waals surface area contributed by atoms with Crippen molar-refractivity contribution in [2.45, 2.75) is 57.7 Å². The van der Waals surface area contributed by atoms with Gasteiger partial charge in [0.05, 0.1) is 11.8 Å². The van der Waals surface area contributed by atoms with Crippen LogP contribution in [-0.2, 0) is 17.7 Å². The zero-order chi connectivity index (χ0) is 12.8. The first-order valence-electron chi connectivity index (χ1n) is 7.02. The Labute approximate surface area is 110 Å². The van der Waals surface area contributed by atoms with Crippen LogP contribution in [0.5, 0.6) is 0 Å². The molecule has 0 radical (unpaired) electrons. The summed E-state index contributed by atoms with van der Waals surface area (Å²) in [7, 11) is 1.82. The molecule has 2 rings (SSSR count). The Kier molecular flexibility index (Phi) is 5.14. The van der Waals surface area contributed by atoms with Crippen LogP contribution in [0.4, 0.5) is 0 Å². The summed E-state index contributed by atoms with van der Waals surface area (Å²) in [4.78, 5) is 4.48. The van der Waals surface area contributed by atoms with Crippen molar-refractivity contribution < 1.29 is 4.74 Å². The molecule has 1 saturated carbocycles. The summed E-state index contributed by atoms with van der Waals surface area (Å²) in [6, 6.07) is 4.77. The van der Waals surface area contributed by atoms with Crippen molar-refractivity contribution in [3.8, 4) is 0 Å². The van der Waals surface area contributed by atoms with Gasteiger partial charge in [-0.1, -0.05) is 13.0 Å². The molecule has 0 amide bonds. The van der Waals surface area contributed by atoms with E-state index >= 15 is 0 Å². The molecule has 0 saturated heterocycles. The van der Waals surface area contributed by atoms with Gasteiger partial charge in [0, 0.05) is 25.9 Å². The Bertz CT molecular complexity index is 367. The van der Waals surface area contributed by atoms with E-state index in [0.717, 1.165) is 19.4 Å². The number of hydrogen-bond acceptors (Lipinski definition) is 3. The summed E-state index contributed by atoms with van der Waals surface area (Å²) in [5, 5.41) is 3.63. The lowest BCUT2D eigenvalue weighted by atomic mass is 9.92. The monoisotopic (exact) mass is 248 g/mol. The van der Waals surface area contributed by atoms with E-state index in [1.165, 1.54) is 30.5 Å². The van der Waals surface area contributed by atoms with Crippen LogP contribution in [-0.4, -0.2) is 24.2 Å². The van der Waals surface area contributed by atoms with Crippen LogP contribution < -0.4 is 5.32 Å². The number of rotatable bonds is 5. The highest BCUT2D eigenvalue weighted by Crippen LogP contribution is 2.21. The average Bonchev–Trinajstić information content (AvgIpc) is 2.45. The van der Waals surface area contributed by atoms with E-state index in [0.29, 0.717) is 12.1 Å². The van der Waals surface area contributed by atoms with Crippen LogP contribution in [0.2, 0.25) is 0 Å². The molecule has 1 aliphatic rings. The third-order valence-electron chi connectivity index (χ3n) is 3.88. The van der Waals surface area contributed by atoms with Crippen LogP contribution in [0.15, 0.2) is 18.3 Å². The van der Waals surface area contributed by atoms with Gasteiger partial charge in [-0.3, -0.25) is 4.98 Å². The first-order chi connectivity index (χ1) is 8.83. The summed E-state index contributed by atoms with van der Waals surface area (Å²) in [6.07, 6.45) is 8.23. The van der Waals surface area contributed by atoms with Crippen LogP contribution in [0.25, 0.3) is 0 Å². The summed E-state index contributed by atoms with van der Waals surface area (Å²) in [5.41, 5.74) is 2.55. The zero-order valence-electron chi connectivity index (χ0n) is 11.5. The Morgan fingerprint density at radius 1 is 1.44 bits per heavy atom. The van der Waals surface area contributed by atoms with Crippen molar-refractivity contribution >= 4 is 0 Å². The molecule has 1 aromatic heterocycles. The second kappa shape index (κ2) is 6.86. The maximum Gasteiger partial charge on any atom is 0.0586 e. The number of nitrogens with zero attached hydrogens (tertiary/aromatic N) is 1. The lowest BCUT2D eigenvalue weighted by molar-refractivity contribution is 0.0585. The fourth-order valence-electron chi connectivity index (χ4n) is 2.74. The number of aryl methyl sites for hydroxylation is 1. The molecular weight excluding hydrogens is 224 g/mol. The van der Waals surface area contributed by atoms with Gasteiger partial charge in [0.15, 0.2) is 0 Å². The average molecular weight is 248 g/mol. The zero-order valence-corrected chi connectivity index (χ0v) is 11.5. The van der Waals surface area contributed by atoms with E-state index in [-0.39, 0.29) is 0 Å². The predicted molar refractivity (Wildman–Crippen MR) is 73.5 cm³/mol. The first-order valence-corrected chi connectivity index (χ1v) is 7.02. The molecule has 0 aliphatic heterocycles. The minimum atomic E-state index is 0.436. The van der Waals surface area contributed by atoms with Crippen LogP contribution in [0, 0.1) is 0 Å². The van der Waals surface area contributed by atoms with Crippen molar-refractivity contribution in [1.82, 2.24) is 10.3 Å². The number of hydrogen-bond donors (Lipinski definition) is 1. The normalized spacial score (nSPS) is 24.1. The van der Waals surface area contributed by atoms with Crippen molar-refractivity contribution in [3.05, 3.63) is 29.6 Å². The Hall–Kier alpha value is -0.930. The topological polar surface area (TPSA) is 34.2 Å². The van der Waals surface area contributed by atoms with Crippen molar-refractivity contribution in [3.63, 3.8) is 0 Å². The second-order valence-electron chi connectivity index (χ2n) is 5.06. The van der Waals surface area contributed by atoms with Gasteiger partial charge in [-0.25, -0.2) is 0 Å². The van der Waals surface area contributed by atoms with Gasteiger partial charge in [0.2, 0.25) is 0 Å². The van der Waals surface area contributed by atoms with E-state index in [4.69, 9.17) is 4.74 Å². The van der Waals surface area contributed by atoms with Gasteiger partial charge in [0.1, 0.15) is 0 Å². The minimum Gasteiger partial charge on any atom is -0.381 e. The predicted octanol–water partition coefficient (Wildman–Crippen LogP) is 2.69. The number of ether oxygens (including phenoxy) is 1. The molecule has 0 bridgehead atoms. The van der Waals surface area contributed by atoms with Gasteiger partial charge in [-0.15, -0.1) is 0 Å². The lowest BCUT2D eigenvalue weighted by Crippen LogP contribution is -2.36. The highest BCUT2D eigenvalue weighted by Gasteiger charge is 2.21. The third-order valence-corrected chi connectivity index (χ3v) is 3.88. The number of aromatic nitrogens is 1. The Morgan fingerprint density at radius 3 is 3.11 bits per heavy atom. The van der Waals surface area contributed by atoms with E-state index in [9.17, 15) is 0 Å². The molecule has 1 N–H and O–H groups in total. The highest BCUT2D eigenvalue weighted by molar-refractivity contribution is 5.19. The smallest absolute Gasteiger partial charge is 0.0586 e. The van der Waals surface area contributed by atoms with Gasteiger partial charge < -0.3 is 10.1 Å². The van der Waals surface area contributed by atoms with Crippen LogP contribution in [0.1, 0.15) is 43.9 Å². The molecule has 2 atom stereocenters. The van der Waals surface area contributed by atoms with Crippen LogP contribution >= 0.6 is 0 Å². The molecular formula is C15H24N2O. The second-order valence-corrected chi connectivity index (χ2v) is 5.06. The van der Waals surface area contributed by atoms with E-state index in [2.05, 4.69) is 23.3 Å². The van der Waals surface area contributed by atoms with Crippen LogP contribution in [0.3, 0.4) is 0 Å². The maximum atomic E-state index is 5.46. The van der Waals surface area contributed by atoms with E-state index in [1.807, 2.05) is 19.4 Å². The summed E-state index contributed by atoms with van der Waals surface area (Å²) < 4.78 is 5.46. The SMILES string of the molecule is CCc1cccnc1CNC1CCCC(OC)C1. The fraction of sp³-hybridized carbons (Fsp3) is 0.667. The molecule has 0 spiro atoms. The first kappa shape index (κ1) is 13.5. The van der Waals surface area contributed by atoms with E-state index < -0.39 is 0 Å². The summed E-state index contributed by atoms with van der Waals surface area (Å²) in [6.45, 7) is 3.06. The minimum absolute atomic E-state index is 0.436. The summed E-state index contributed by atoms with van der Waals surface area (Å²) in [5.74, 6) is 0. The molecule has 1 aromatic rings. The molecule has 1 heterocycles. The molecule has 1 aliphatic carbocycles. The molecule has 3 nitrogen and oxygen atoms in total. The van der Waals surface area contributed by atoms with Gasteiger partial charge >= 0.3 is 0 Å². The number of methoxy groups -OCH3 is 1. The number of pyridine rings is 1. The maximum absolute atomic E-state index is 5.46. The largest absolute Gasteiger partial charge is 0.381 e. The van der Waals surface area contributed by atoms with Crippen molar-refractivity contribution in [1.29, 1.82) is 0 Å². The third kappa shape index (κ3) is 3.53. The molecule has 3 heteroatoms. The number of nitrogens with one attached hydrogen (secondary N) is 1. The van der Waals surface area contributed by atoms with Gasteiger partial charge in [-0.2, -0.15) is 0 Å². The quantitative estimate of drug-likeness (QED) is 0.870. The molecule has 2 unspecified atom stereocenters. The summed E-state index contributed by atoms with van der Waals surface area (Å²) >= 11 is 0. The van der Waals surface area contributed by atoms with Crippen molar-refractivity contribution in [2.24, 2.45) is 0 Å². The standard InChI is InChI=1S/C15H24N2O/c1-3-12-6-5-9-16-15(12)11-17-13-7-4-8-14(10-13)18-2/h5-6,9,13-14,17H,3-4,7-8,10-11H2,1-2H3. The Morgan fingerprint density at radius 2 is 2.33 bits per heavy atom. The lowest BCUT2D eigenvalue weighted by Gasteiger charge is -2.29. The van der Waals surface area contributed by atoms with Crippen molar-refractivity contribution in [2.75, 3.05) is 7.11 Å². The Balaban J connectivity index is 1.87. The molecule has 0 aromatic carbocycles. The van der Waals surface area contributed by atoms with E-state index in [1.54, 1.807) is 0 Å². The fourth-order valence-corrected chi connectivity index (χ4v) is 2.74. The highest BCUT2D eigenvalue weighted by atomic mass is 16.5. The van der Waals surface area contributed by atoms with Gasteiger partial charge in [-0.05, 0) is 43.7 Å². The molecule has 18 heavy (non-hydrogen) atoms. The molecule has 1 fully saturated rings. The molecule has 100 valence electrons.